The van der Waals surface area contributed by atoms with Gasteiger partial charge in [-0.15, -0.1) is 0 Å². The molecule has 2 rings (SSSR count). The van der Waals surface area contributed by atoms with Crippen LogP contribution in [0.1, 0.15) is 20.7 Å². The normalized spacial score (nSPS) is 9.71. The van der Waals surface area contributed by atoms with Crippen LogP contribution in [0.4, 0.5) is 5.69 Å². The standard InChI is InChI=1S/C14H10N2O5/c17-13(11-8-4-5-9-12(11)16(19)20)15-21-14(18)10-6-2-1-3-7-10/h1-9H,(H,15,17). The maximum Gasteiger partial charge on any atom is 0.362 e. The first-order valence-corrected chi connectivity index (χ1v) is 5.89. The molecule has 0 aliphatic carbocycles. The smallest absolute Gasteiger partial charge is 0.335 e. The highest BCUT2D eigenvalue weighted by atomic mass is 16.7. The minimum atomic E-state index is -0.869. The van der Waals surface area contributed by atoms with Gasteiger partial charge in [-0.05, 0) is 18.2 Å². The molecule has 0 atom stereocenters. The highest BCUT2D eigenvalue weighted by Gasteiger charge is 2.20. The van der Waals surface area contributed by atoms with E-state index in [4.69, 9.17) is 0 Å². The zero-order chi connectivity index (χ0) is 15.2. The van der Waals surface area contributed by atoms with Crippen LogP contribution in [0.15, 0.2) is 54.6 Å². The fraction of sp³-hybridized carbons (Fsp3) is 0. The number of hydrogen-bond donors (Lipinski definition) is 1. The van der Waals surface area contributed by atoms with Gasteiger partial charge < -0.3 is 4.84 Å². The van der Waals surface area contributed by atoms with Gasteiger partial charge in [0.15, 0.2) is 0 Å². The van der Waals surface area contributed by atoms with Crippen molar-refractivity contribution in [2.75, 3.05) is 0 Å². The number of amides is 1. The van der Waals surface area contributed by atoms with E-state index < -0.39 is 16.8 Å². The number of hydroxylamine groups is 1. The highest BCUT2D eigenvalue weighted by molar-refractivity contribution is 5.99. The number of rotatable bonds is 3. The van der Waals surface area contributed by atoms with Crippen LogP contribution in [-0.2, 0) is 4.84 Å². The van der Waals surface area contributed by atoms with Crippen LogP contribution < -0.4 is 5.48 Å². The summed E-state index contributed by atoms with van der Waals surface area (Å²) in [7, 11) is 0. The molecule has 1 N–H and O–H groups in total. The molecule has 7 heteroatoms. The summed E-state index contributed by atoms with van der Waals surface area (Å²) in [5, 5.41) is 10.8. The predicted octanol–water partition coefficient (Wildman–Crippen LogP) is 2.10. The molecule has 0 heterocycles. The number of carbonyl (C=O) groups is 2. The van der Waals surface area contributed by atoms with Crippen LogP contribution in [0.2, 0.25) is 0 Å². The number of hydrogen-bond acceptors (Lipinski definition) is 5. The van der Waals surface area contributed by atoms with Crippen LogP contribution in [0.5, 0.6) is 0 Å². The van der Waals surface area contributed by atoms with Crippen LogP contribution in [0.3, 0.4) is 0 Å². The summed E-state index contributed by atoms with van der Waals surface area (Å²) in [4.78, 5) is 38.2. The number of nitro groups is 1. The largest absolute Gasteiger partial charge is 0.362 e. The fourth-order valence-electron chi connectivity index (χ4n) is 1.61. The molecule has 1 amide bonds. The molecule has 0 spiro atoms. The van der Waals surface area contributed by atoms with E-state index in [0.29, 0.717) is 0 Å². The topological polar surface area (TPSA) is 98.5 Å². The van der Waals surface area contributed by atoms with Crippen molar-refractivity contribution in [3.63, 3.8) is 0 Å². The van der Waals surface area contributed by atoms with Crippen molar-refractivity contribution < 1.29 is 19.3 Å². The Hall–Kier alpha value is -3.22. The molecule has 0 bridgehead atoms. The fourth-order valence-corrected chi connectivity index (χ4v) is 1.61. The van der Waals surface area contributed by atoms with Gasteiger partial charge in [0.25, 0.3) is 11.6 Å². The van der Waals surface area contributed by atoms with Crippen LogP contribution >= 0.6 is 0 Å². The summed E-state index contributed by atoms with van der Waals surface area (Å²) >= 11 is 0. The molecule has 0 saturated carbocycles. The van der Waals surface area contributed by atoms with E-state index in [0.717, 1.165) is 0 Å². The predicted molar refractivity (Wildman–Crippen MR) is 72.4 cm³/mol. The van der Waals surface area contributed by atoms with Gasteiger partial charge in [-0.25, -0.2) is 4.79 Å². The molecule has 0 aromatic heterocycles. The molecule has 0 radical (unpaired) electrons. The molecule has 0 saturated heterocycles. The highest BCUT2D eigenvalue weighted by Crippen LogP contribution is 2.17. The minimum absolute atomic E-state index is 0.191. The summed E-state index contributed by atoms with van der Waals surface area (Å²) in [6.45, 7) is 0. The van der Waals surface area contributed by atoms with Crippen LogP contribution in [-0.4, -0.2) is 16.8 Å². The molecule has 2 aromatic rings. The van der Waals surface area contributed by atoms with Crippen molar-refractivity contribution in [2.45, 2.75) is 0 Å². The number of nitro benzene ring substituents is 1. The first-order chi connectivity index (χ1) is 10.1. The molecule has 0 fully saturated rings. The molecule has 0 aliphatic heterocycles. The maximum atomic E-state index is 11.8. The molecule has 2 aromatic carbocycles. The van der Waals surface area contributed by atoms with Gasteiger partial charge in [0.1, 0.15) is 5.56 Å². The zero-order valence-corrected chi connectivity index (χ0v) is 10.7. The van der Waals surface area contributed by atoms with E-state index in [2.05, 4.69) is 4.84 Å². The summed E-state index contributed by atoms with van der Waals surface area (Å²) in [6, 6.07) is 13.4. The molecule has 0 aliphatic rings. The average Bonchev–Trinajstić information content (AvgIpc) is 2.53. The van der Waals surface area contributed by atoms with Crippen molar-refractivity contribution in [3.8, 4) is 0 Å². The summed E-state index contributed by atoms with van der Waals surface area (Å²) in [6.07, 6.45) is 0. The molecule has 106 valence electrons. The second-order valence-corrected chi connectivity index (χ2v) is 3.96. The van der Waals surface area contributed by atoms with Crippen molar-refractivity contribution >= 4 is 17.6 Å². The second-order valence-electron chi connectivity index (χ2n) is 3.96. The number of nitrogens with one attached hydrogen (secondary N) is 1. The van der Waals surface area contributed by atoms with Gasteiger partial charge in [-0.2, -0.15) is 5.48 Å². The Morgan fingerprint density at radius 2 is 1.62 bits per heavy atom. The van der Waals surface area contributed by atoms with Gasteiger partial charge in [-0.1, -0.05) is 30.3 Å². The first-order valence-electron chi connectivity index (χ1n) is 5.89. The van der Waals surface area contributed by atoms with Crippen molar-refractivity contribution in [3.05, 3.63) is 75.8 Å². The Morgan fingerprint density at radius 1 is 1.00 bits per heavy atom. The molecule has 0 unspecified atom stereocenters. The van der Waals surface area contributed by atoms with E-state index in [1.807, 2.05) is 5.48 Å². The Morgan fingerprint density at radius 3 is 2.29 bits per heavy atom. The third-order valence-electron chi connectivity index (χ3n) is 2.59. The van der Waals surface area contributed by atoms with Gasteiger partial charge >= 0.3 is 5.97 Å². The number of carbonyl (C=O) groups excluding carboxylic acids is 2. The van der Waals surface area contributed by atoms with E-state index >= 15 is 0 Å². The second kappa shape index (κ2) is 6.29. The molecular formula is C14H10N2O5. The van der Waals surface area contributed by atoms with Gasteiger partial charge in [-0.3, -0.25) is 14.9 Å². The SMILES string of the molecule is O=C(ONC(=O)c1ccccc1[N+](=O)[O-])c1ccccc1. The van der Waals surface area contributed by atoms with Crippen LogP contribution in [0.25, 0.3) is 0 Å². The lowest BCUT2D eigenvalue weighted by Crippen LogP contribution is -2.27. The van der Waals surface area contributed by atoms with E-state index in [9.17, 15) is 19.7 Å². The van der Waals surface area contributed by atoms with Gasteiger partial charge in [0, 0.05) is 6.07 Å². The van der Waals surface area contributed by atoms with E-state index in [1.165, 1.54) is 36.4 Å². The zero-order valence-electron chi connectivity index (χ0n) is 10.7. The van der Waals surface area contributed by atoms with Crippen molar-refractivity contribution in [1.29, 1.82) is 0 Å². The average molecular weight is 286 g/mol. The Balaban J connectivity index is 2.06. The summed E-state index contributed by atoms with van der Waals surface area (Å²) < 4.78 is 0. The van der Waals surface area contributed by atoms with E-state index in [1.54, 1.807) is 18.2 Å². The lowest BCUT2D eigenvalue weighted by atomic mass is 10.2. The number of benzene rings is 2. The van der Waals surface area contributed by atoms with E-state index in [-0.39, 0.29) is 16.8 Å². The lowest BCUT2D eigenvalue weighted by Gasteiger charge is -2.06. The summed E-state index contributed by atoms with van der Waals surface area (Å²) in [5.41, 5.74) is 1.59. The first kappa shape index (κ1) is 14.2. The Kier molecular flexibility index (Phi) is 4.25. The van der Waals surface area contributed by atoms with Crippen molar-refractivity contribution in [2.24, 2.45) is 0 Å². The van der Waals surface area contributed by atoms with Gasteiger partial charge in [0.2, 0.25) is 0 Å². The Bertz CT molecular complexity index is 685. The third-order valence-corrected chi connectivity index (χ3v) is 2.59. The minimum Gasteiger partial charge on any atom is -0.335 e. The number of nitrogens with zero attached hydrogens (tertiary/aromatic N) is 1. The molecule has 7 nitrogen and oxygen atoms in total. The summed E-state index contributed by atoms with van der Waals surface area (Å²) in [5.74, 6) is -1.63. The maximum absolute atomic E-state index is 11.8. The van der Waals surface area contributed by atoms with Gasteiger partial charge in [0.05, 0.1) is 10.5 Å². The van der Waals surface area contributed by atoms with Crippen LogP contribution in [0, 0.1) is 10.1 Å². The quantitative estimate of drug-likeness (QED) is 0.688. The monoisotopic (exact) mass is 286 g/mol. The lowest BCUT2D eigenvalue weighted by molar-refractivity contribution is -0.385. The molecule has 21 heavy (non-hydrogen) atoms. The van der Waals surface area contributed by atoms with Crippen molar-refractivity contribution in [1.82, 2.24) is 5.48 Å². The Labute approximate surface area is 119 Å². The number of para-hydroxylation sites is 1. The third kappa shape index (κ3) is 3.41. The molecular weight excluding hydrogens is 276 g/mol.